The fourth-order valence-corrected chi connectivity index (χ4v) is 2.21. The van der Waals surface area contributed by atoms with Crippen molar-refractivity contribution in [1.82, 2.24) is 0 Å². The van der Waals surface area contributed by atoms with Gasteiger partial charge in [0.2, 0.25) is 0 Å². The van der Waals surface area contributed by atoms with Crippen molar-refractivity contribution in [2.24, 2.45) is 0 Å². The zero-order valence-corrected chi connectivity index (χ0v) is 14.7. The average molecular weight is 356 g/mol. The van der Waals surface area contributed by atoms with Gasteiger partial charge in [-0.2, -0.15) is 0 Å². The van der Waals surface area contributed by atoms with Gasteiger partial charge in [0.15, 0.2) is 17.3 Å². The number of carbonyl (C=O) groups is 1. The molecule has 0 aromatic heterocycles. The number of ketones is 1. The molecule has 0 bridgehead atoms. The average Bonchev–Trinajstić information content (AvgIpc) is 2.66. The summed E-state index contributed by atoms with van der Waals surface area (Å²) >= 11 is 0. The SMILES string of the molecule is COc1cc(/C=C/C(=O)/C=C(\O)c2ccc(O)c(OC)c2)cc(OC)c1. The molecule has 0 aliphatic rings. The lowest BCUT2D eigenvalue weighted by atomic mass is 10.1. The molecule has 0 aliphatic carbocycles. The van der Waals surface area contributed by atoms with E-state index in [2.05, 4.69) is 0 Å². The van der Waals surface area contributed by atoms with E-state index in [-0.39, 0.29) is 17.3 Å². The topological polar surface area (TPSA) is 85.2 Å². The zero-order chi connectivity index (χ0) is 19.1. The van der Waals surface area contributed by atoms with Crippen molar-refractivity contribution in [1.29, 1.82) is 0 Å². The molecular formula is C20H20O6. The molecule has 0 atom stereocenters. The van der Waals surface area contributed by atoms with Crippen molar-refractivity contribution >= 4 is 17.6 Å². The first-order valence-electron chi connectivity index (χ1n) is 7.70. The van der Waals surface area contributed by atoms with E-state index in [0.717, 1.165) is 6.08 Å². The first-order valence-corrected chi connectivity index (χ1v) is 7.70. The van der Waals surface area contributed by atoms with Crippen LogP contribution in [0.5, 0.6) is 23.0 Å². The molecule has 0 amide bonds. The molecule has 0 saturated carbocycles. The van der Waals surface area contributed by atoms with Gasteiger partial charge < -0.3 is 24.4 Å². The maximum absolute atomic E-state index is 12.1. The Morgan fingerprint density at radius 3 is 2.19 bits per heavy atom. The summed E-state index contributed by atoms with van der Waals surface area (Å²) in [6.45, 7) is 0. The molecule has 0 heterocycles. The molecule has 2 rings (SSSR count). The lowest BCUT2D eigenvalue weighted by molar-refractivity contribution is -0.110. The number of ether oxygens (including phenoxy) is 3. The second-order valence-corrected chi connectivity index (χ2v) is 5.30. The third-order valence-corrected chi connectivity index (χ3v) is 3.57. The van der Waals surface area contributed by atoms with E-state index in [1.165, 1.54) is 31.4 Å². The molecule has 26 heavy (non-hydrogen) atoms. The molecule has 2 aromatic carbocycles. The maximum Gasteiger partial charge on any atom is 0.182 e. The Labute approximate surface area is 151 Å². The molecular weight excluding hydrogens is 336 g/mol. The number of hydrogen-bond donors (Lipinski definition) is 2. The van der Waals surface area contributed by atoms with Crippen molar-refractivity contribution in [3.63, 3.8) is 0 Å². The number of hydrogen-bond acceptors (Lipinski definition) is 6. The third-order valence-electron chi connectivity index (χ3n) is 3.57. The minimum Gasteiger partial charge on any atom is -0.507 e. The van der Waals surface area contributed by atoms with Gasteiger partial charge in [0.25, 0.3) is 0 Å². The van der Waals surface area contributed by atoms with Crippen LogP contribution in [0.2, 0.25) is 0 Å². The summed E-state index contributed by atoms with van der Waals surface area (Å²) in [7, 11) is 4.48. The number of phenolic OH excluding ortho intramolecular Hbond substituents is 1. The fourth-order valence-electron chi connectivity index (χ4n) is 2.21. The molecule has 2 N–H and O–H groups in total. The molecule has 0 saturated heterocycles. The van der Waals surface area contributed by atoms with E-state index < -0.39 is 5.78 Å². The predicted molar refractivity (Wildman–Crippen MR) is 98.9 cm³/mol. The number of methoxy groups -OCH3 is 3. The molecule has 136 valence electrons. The summed E-state index contributed by atoms with van der Waals surface area (Å²) in [5.41, 5.74) is 1.07. The largest absolute Gasteiger partial charge is 0.507 e. The van der Waals surface area contributed by atoms with Gasteiger partial charge in [-0.15, -0.1) is 0 Å². The molecule has 0 unspecified atom stereocenters. The smallest absolute Gasteiger partial charge is 0.182 e. The summed E-state index contributed by atoms with van der Waals surface area (Å²) in [6.07, 6.45) is 4.00. The molecule has 6 nitrogen and oxygen atoms in total. The monoisotopic (exact) mass is 356 g/mol. The third kappa shape index (κ3) is 4.80. The summed E-state index contributed by atoms with van der Waals surface area (Å²) in [4.78, 5) is 12.1. The van der Waals surface area contributed by atoms with Gasteiger partial charge in [0, 0.05) is 17.7 Å². The van der Waals surface area contributed by atoms with Crippen LogP contribution < -0.4 is 14.2 Å². The Kier molecular flexibility index (Phi) is 6.27. The van der Waals surface area contributed by atoms with Crippen molar-refractivity contribution in [3.05, 3.63) is 59.7 Å². The summed E-state index contributed by atoms with van der Waals surface area (Å²) in [5.74, 6) is 0.714. The maximum atomic E-state index is 12.1. The summed E-state index contributed by atoms with van der Waals surface area (Å²) in [5, 5.41) is 19.7. The van der Waals surface area contributed by atoms with E-state index in [1.54, 1.807) is 38.5 Å². The van der Waals surface area contributed by atoms with Crippen LogP contribution in [-0.2, 0) is 4.79 Å². The Morgan fingerprint density at radius 2 is 1.62 bits per heavy atom. The number of phenols is 1. The van der Waals surface area contributed by atoms with Crippen LogP contribution in [0.25, 0.3) is 11.8 Å². The molecule has 0 radical (unpaired) electrons. The first kappa shape index (κ1) is 18.9. The van der Waals surface area contributed by atoms with Gasteiger partial charge in [-0.25, -0.2) is 0 Å². The quantitative estimate of drug-likeness (QED) is 0.582. The molecule has 6 heteroatoms. The van der Waals surface area contributed by atoms with Gasteiger partial charge in [-0.3, -0.25) is 4.79 Å². The minimum atomic E-state index is -0.406. The summed E-state index contributed by atoms with van der Waals surface area (Å²) < 4.78 is 15.3. The minimum absolute atomic E-state index is 0.0535. The number of aliphatic hydroxyl groups excluding tert-OH is 1. The number of carbonyl (C=O) groups excluding carboxylic acids is 1. The molecule has 0 aliphatic heterocycles. The number of rotatable bonds is 7. The van der Waals surface area contributed by atoms with Crippen LogP contribution in [0.1, 0.15) is 11.1 Å². The lowest BCUT2D eigenvalue weighted by Gasteiger charge is -2.06. The van der Waals surface area contributed by atoms with E-state index >= 15 is 0 Å². The highest BCUT2D eigenvalue weighted by Crippen LogP contribution is 2.28. The number of benzene rings is 2. The number of aromatic hydroxyl groups is 1. The zero-order valence-electron chi connectivity index (χ0n) is 14.7. The van der Waals surface area contributed by atoms with E-state index in [1.807, 2.05) is 0 Å². The van der Waals surface area contributed by atoms with E-state index in [9.17, 15) is 15.0 Å². The Morgan fingerprint density at radius 1 is 0.962 bits per heavy atom. The Balaban J connectivity index is 2.19. The van der Waals surface area contributed by atoms with Crippen molar-refractivity contribution < 1.29 is 29.2 Å². The number of allylic oxidation sites excluding steroid dienone is 2. The van der Waals surface area contributed by atoms with Gasteiger partial charge in [-0.05, 0) is 42.0 Å². The highest BCUT2D eigenvalue weighted by molar-refractivity contribution is 6.05. The van der Waals surface area contributed by atoms with Crippen LogP contribution in [0.4, 0.5) is 0 Å². The van der Waals surface area contributed by atoms with E-state index in [0.29, 0.717) is 22.6 Å². The van der Waals surface area contributed by atoms with Crippen LogP contribution in [0, 0.1) is 0 Å². The molecule has 0 fully saturated rings. The molecule has 2 aromatic rings. The van der Waals surface area contributed by atoms with Crippen molar-refractivity contribution in [2.45, 2.75) is 0 Å². The van der Waals surface area contributed by atoms with Crippen LogP contribution in [0.15, 0.2) is 48.6 Å². The van der Waals surface area contributed by atoms with Crippen molar-refractivity contribution in [2.75, 3.05) is 21.3 Å². The lowest BCUT2D eigenvalue weighted by Crippen LogP contribution is -1.92. The number of aliphatic hydroxyl groups is 1. The van der Waals surface area contributed by atoms with E-state index in [4.69, 9.17) is 14.2 Å². The standard InChI is InChI=1S/C20H20O6/c1-24-16-8-13(9-17(12-16)25-2)4-6-15(21)11-19(23)14-5-7-18(22)20(10-14)26-3/h4-12,22-23H,1-3H3/b6-4+,19-11-. The summed E-state index contributed by atoms with van der Waals surface area (Å²) in [6, 6.07) is 9.52. The van der Waals surface area contributed by atoms with Gasteiger partial charge >= 0.3 is 0 Å². The highest BCUT2D eigenvalue weighted by atomic mass is 16.5. The molecule has 0 spiro atoms. The first-order chi connectivity index (χ1) is 12.5. The van der Waals surface area contributed by atoms with Gasteiger partial charge in [0.1, 0.15) is 17.3 Å². The van der Waals surface area contributed by atoms with Crippen LogP contribution in [0.3, 0.4) is 0 Å². The Bertz CT molecular complexity index is 829. The van der Waals surface area contributed by atoms with Gasteiger partial charge in [0.05, 0.1) is 21.3 Å². The fraction of sp³-hybridized carbons (Fsp3) is 0.150. The second kappa shape index (κ2) is 8.62. The van der Waals surface area contributed by atoms with Gasteiger partial charge in [-0.1, -0.05) is 6.08 Å². The van der Waals surface area contributed by atoms with Crippen LogP contribution >= 0.6 is 0 Å². The normalized spacial score (nSPS) is 11.4. The second-order valence-electron chi connectivity index (χ2n) is 5.30. The highest BCUT2D eigenvalue weighted by Gasteiger charge is 2.07. The van der Waals surface area contributed by atoms with Crippen molar-refractivity contribution in [3.8, 4) is 23.0 Å². The predicted octanol–water partition coefficient (Wildman–Crippen LogP) is 3.60. The Hall–Kier alpha value is -3.41. The van der Waals surface area contributed by atoms with Crippen LogP contribution in [-0.4, -0.2) is 37.3 Å².